The first-order chi connectivity index (χ1) is 16.0. The molecule has 0 radical (unpaired) electrons. The first-order valence-electron chi connectivity index (χ1n) is 10.7. The number of fused-ring (bicyclic) bond motifs is 3. The molecule has 2 aliphatic rings. The van der Waals surface area contributed by atoms with Crippen LogP contribution in [0.1, 0.15) is 50.6 Å². The van der Waals surface area contributed by atoms with Crippen LogP contribution >= 0.6 is 11.3 Å². The van der Waals surface area contributed by atoms with Crippen molar-refractivity contribution in [2.24, 2.45) is 0 Å². The maximum Gasteiger partial charge on any atom is 0.199 e. The van der Waals surface area contributed by atoms with Gasteiger partial charge in [0.2, 0.25) is 0 Å². The van der Waals surface area contributed by atoms with Crippen molar-refractivity contribution in [3.8, 4) is 0 Å². The van der Waals surface area contributed by atoms with Gasteiger partial charge in [-0.3, -0.25) is 9.59 Å². The standard InChI is InChI=1S/C27H19N3O2S/c1-27(2)21-10-6-7-11-23(21)30(16-8-4-3-5-9-16)26-22(27)13-17(33-26)12-18-24(31)19-14-28-29-15-20(19)25(18)32/h3-15H,1-2H3. The van der Waals surface area contributed by atoms with Crippen LogP contribution in [-0.2, 0) is 5.41 Å². The molecule has 2 aromatic carbocycles. The van der Waals surface area contributed by atoms with Crippen LogP contribution in [0.25, 0.3) is 6.08 Å². The molecule has 0 bridgehead atoms. The van der Waals surface area contributed by atoms with Gasteiger partial charge in [0.15, 0.2) is 11.6 Å². The van der Waals surface area contributed by atoms with E-state index in [1.54, 1.807) is 17.4 Å². The number of carbonyl (C=O) groups excluding carboxylic acids is 2. The van der Waals surface area contributed by atoms with Gasteiger partial charge in [-0.1, -0.05) is 50.2 Å². The quantitative estimate of drug-likeness (QED) is 0.273. The number of para-hydroxylation sites is 2. The highest BCUT2D eigenvalue weighted by Crippen LogP contribution is 2.55. The van der Waals surface area contributed by atoms with Crippen LogP contribution in [0, 0.1) is 0 Å². The van der Waals surface area contributed by atoms with Crippen LogP contribution in [0.3, 0.4) is 0 Å². The maximum absolute atomic E-state index is 12.9. The zero-order valence-electron chi connectivity index (χ0n) is 18.1. The first kappa shape index (κ1) is 19.8. The molecular formula is C27H19N3O2S. The maximum atomic E-state index is 12.9. The summed E-state index contributed by atoms with van der Waals surface area (Å²) in [6, 6.07) is 20.8. The van der Waals surface area contributed by atoms with E-state index in [1.807, 2.05) is 18.2 Å². The van der Waals surface area contributed by atoms with Crippen molar-refractivity contribution in [3.63, 3.8) is 0 Å². The number of allylic oxidation sites excluding steroid dienone is 1. The SMILES string of the molecule is CC1(C)c2ccccc2N(c2ccccc2)c2sc(C=C3C(=O)c4cnncc4C3=O)cc21. The lowest BCUT2D eigenvalue weighted by atomic mass is 9.75. The van der Waals surface area contributed by atoms with Crippen molar-refractivity contribution in [1.29, 1.82) is 0 Å². The van der Waals surface area contributed by atoms with Crippen molar-refractivity contribution in [2.75, 3.05) is 4.90 Å². The Morgan fingerprint density at radius 3 is 2.18 bits per heavy atom. The molecule has 6 rings (SSSR count). The van der Waals surface area contributed by atoms with Crippen LogP contribution in [0.15, 0.2) is 78.6 Å². The molecule has 0 unspecified atom stereocenters. The summed E-state index contributed by atoms with van der Waals surface area (Å²) in [6.07, 6.45) is 4.46. The molecule has 0 fully saturated rings. The lowest BCUT2D eigenvalue weighted by molar-refractivity contribution is 0.0990. The highest BCUT2D eigenvalue weighted by atomic mass is 32.1. The van der Waals surface area contributed by atoms with Crippen LogP contribution in [0.2, 0.25) is 0 Å². The average molecular weight is 450 g/mol. The van der Waals surface area contributed by atoms with Crippen LogP contribution in [0.4, 0.5) is 16.4 Å². The molecule has 0 N–H and O–H groups in total. The van der Waals surface area contributed by atoms with Gasteiger partial charge in [-0.2, -0.15) is 10.2 Å². The van der Waals surface area contributed by atoms with E-state index in [0.717, 1.165) is 21.3 Å². The summed E-state index contributed by atoms with van der Waals surface area (Å²) in [7, 11) is 0. The Kier molecular flexibility index (Phi) is 4.22. The number of ketones is 2. The second kappa shape index (κ2) is 7.05. The van der Waals surface area contributed by atoms with E-state index in [2.05, 4.69) is 71.4 Å². The molecule has 5 nitrogen and oxygen atoms in total. The van der Waals surface area contributed by atoms with Crippen molar-refractivity contribution in [2.45, 2.75) is 19.3 Å². The largest absolute Gasteiger partial charge is 0.301 e. The molecule has 4 aromatic rings. The molecule has 2 aromatic heterocycles. The van der Waals surface area contributed by atoms with Crippen molar-refractivity contribution < 1.29 is 9.59 Å². The Bertz CT molecular complexity index is 1450. The zero-order chi connectivity index (χ0) is 22.7. The monoisotopic (exact) mass is 449 g/mol. The van der Waals surface area contributed by atoms with E-state index in [4.69, 9.17) is 0 Å². The fourth-order valence-corrected chi connectivity index (χ4v) is 6.02. The predicted octanol–water partition coefficient (Wildman–Crippen LogP) is 6.11. The van der Waals surface area contributed by atoms with Gasteiger partial charge in [-0.15, -0.1) is 11.3 Å². The normalized spacial score (nSPS) is 15.8. The average Bonchev–Trinajstić information content (AvgIpc) is 3.36. The van der Waals surface area contributed by atoms with Gasteiger partial charge in [0, 0.05) is 16.0 Å². The third-order valence-corrected chi connectivity index (χ3v) is 7.50. The van der Waals surface area contributed by atoms with E-state index in [-0.39, 0.29) is 22.6 Å². The number of Topliss-reactive ketones (excluding diaryl/α,β-unsaturated/α-hetero) is 2. The minimum Gasteiger partial charge on any atom is -0.301 e. The number of rotatable bonds is 2. The third kappa shape index (κ3) is 2.84. The van der Waals surface area contributed by atoms with E-state index >= 15 is 0 Å². The predicted molar refractivity (Wildman–Crippen MR) is 130 cm³/mol. The fourth-order valence-electron chi connectivity index (χ4n) is 4.72. The number of anilines is 3. The topological polar surface area (TPSA) is 63.2 Å². The lowest BCUT2D eigenvalue weighted by Gasteiger charge is -2.39. The molecule has 1 aliphatic heterocycles. The number of benzene rings is 2. The number of carbonyl (C=O) groups is 2. The van der Waals surface area contributed by atoms with Gasteiger partial charge in [0.25, 0.3) is 0 Å². The summed E-state index contributed by atoms with van der Waals surface area (Å²) in [5, 5.41) is 8.63. The Morgan fingerprint density at radius 2 is 1.48 bits per heavy atom. The van der Waals surface area contributed by atoms with Gasteiger partial charge in [0.05, 0.1) is 34.8 Å². The third-order valence-electron chi connectivity index (χ3n) is 6.44. The number of nitrogens with zero attached hydrogens (tertiary/aromatic N) is 3. The Balaban J connectivity index is 1.53. The highest BCUT2D eigenvalue weighted by molar-refractivity contribution is 7.17. The number of hydrogen-bond acceptors (Lipinski definition) is 6. The minimum absolute atomic E-state index is 0.167. The number of aromatic nitrogens is 2. The van der Waals surface area contributed by atoms with Gasteiger partial charge in [-0.05, 0) is 41.5 Å². The second-order valence-corrected chi connectivity index (χ2v) is 9.78. The Morgan fingerprint density at radius 1 is 0.848 bits per heavy atom. The van der Waals surface area contributed by atoms with Gasteiger partial charge >= 0.3 is 0 Å². The van der Waals surface area contributed by atoms with Crippen molar-refractivity contribution in [3.05, 3.63) is 106 Å². The minimum atomic E-state index is -0.293. The summed E-state index contributed by atoms with van der Waals surface area (Å²) in [4.78, 5) is 28.9. The summed E-state index contributed by atoms with van der Waals surface area (Å²) < 4.78 is 0. The highest BCUT2D eigenvalue weighted by Gasteiger charge is 2.39. The number of hydrogen-bond donors (Lipinski definition) is 0. The van der Waals surface area contributed by atoms with E-state index < -0.39 is 0 Å². The molecule has 160 valence electrons. The molecule has 6 heteroatoms. The molecule has 0 spiro atoms. The molecule has 33 heavy (non-hydrogen) atoms. The molecule has 0 amide bonds. The molecule has 0 atom stereocenters. The van der Waals surface area contributed by atoms with Crippen molar-refractivity contribution in [1.82, 2.24) is 10.2 Å². The van der Waals surface area contributed by atoms with E-state index in [0.29, 0.717) is 11.1 Å². The van der Waals surface area contributed by atoms with E-state index in [9.17, 15) is 9.59 Å². The zero-order valence-corrected chi connectivity index (χ0v) is 18.9. The molecule has 3 heterocycles. The van der Waals surface area contributed by atoms with Crippen LogP contribution in [-0.4, -0.2) is 21.8 Å². The number of thiophene rings is 1. The van der Waals surface area contributed by atoms with E-state index in [1.165, 1.54) is 23.5 Å². The Labute approximate surface area is 195 Å². The molecule has 1 aliphatic carbocycles. The molecule has 0 saturated carbocycles. The van der Waals surface area contributed by atoms with Gasteiger partial charge in [-0.25, -0.2) is 0 Å². The fraction of sp³-hybridized carbons (Fsp3) is 0.111. The van der Waals surface area contributed by atoms with Gasteiger partial charge < -0.3 is 4.90 Å². The van der Waals surface area contributed by atoms with Crippen LogP contribution in [0.5, 0.6) is 0 Å². The Hall–Kier alpha value is -3.90. The lowest BCUT2D eigenvalue weighted by Crippen LogP contribution is -2.29. The summed E-state index contributed by atoms with van der Waals surface area (Å²) in [5.41, 5.74) is 5.18. The van der Waals surface area contributed by atoms with Crippen molar-refractivity contribution >= 4 is 45.4 Å². The van der Waals surface area contributed by atoms with Crippen LogP contribution < -0.4 is 4.90 Å². The van der Waals surface area contributed by atoms with Gasteiger partial charge in [0.1, 0.15) is 5.00 Å². The smallest absolute Gasteiger partial charge is 0.199 e. The summed E-state index contributed by atoms with van der Waals surface area (Å²) in [6.45, 7) is 4.44. The first-order valence-corrected chi connectivity index (χ1v) is 11.5. The molecule has 0 saturated heterocycles. The summed E-state index contributed by atoms with van der Waals surface area (Å²) in [5.74, 6) is -0.586. The second-order valence-electron chi connectivity index (χ2n) is 8.71. The summed E-state index contributed by atoms with van der Waals surface area (Å²) >= 11 is 1.59. The molecular weight excluding hydrogens is 430 g/mol.